The molecule has 0 atom stereocenters. The maximum absolute atomic E-state index is 10.5. The standard InChI is InChI=1S/C58H34N6O/c59-35-36-30-32-50(64-48-27-12-9-21-40(48)42-31-33-51-53(54(42)64)45-24-10-13-28-49(45)63(51)38-18-5-2-6-19-38)47(34-36)58-61-56(44-23-8-7-20-39(44)37-16-3-1-4-17-37)60-57(62-58)46-26-15-25-43-41-22-11-14-29-52(41)65-55(43)46/h1-34H. The van der Waals surface area contributed by atoms with Crippen LogP contribution in [-0.4, -0.2) is 24.1 Å². The van der Waals surface area contributed by atoms with Crippen molar-refractivity contribution < 1.29 is 4.42 Å². The second-order valence-electron chi connectivity index (χ2n) is 16.2. The normalized spacial score (nSPS) is 11.7. The molecule has 0 fully saturated rings. The minimum Gasteiger partial charge on any atom is -0.455 e. The van der Waals surface area contributed by atoms with Crippen LogP contribution in [0.15, 0.2) is 211 Å². The fourth-order valence-corrected chi connectivity index (χ4v) is 9.80. The number of hydrogen-bond donors (Lipinski definition) is 0. The average Bonchev–Trinajstić information content (AvgIpc) is 4.04. The molecule has 4 heterocycles. The lowest BCUT2D eigenvalue weighted by Gasteiger charge is -2.16. The monoisotopic (exact) mass is 830 g/mol. The SMILES string of the molecule is N#Cc1ccc(-n2c3ccccc3c3ccc4c(c5ccccc5n4-c4ccccc4)c32)c(-c2nc(-c3ccccc3-c3ccccc3)nc(-c3cccc4c3oc3ccccc34)n2)c1. The van der Waals surface area contributed by atoms with E-state index in [1.165, 1.54) is 0 Å². The van der Waals surface area contributed by atoms with Gasteiger partial charge in [-0.2, -0.15) is 5.26 Å². The number of nitrogens with zero attached hydrogens (tertiary/aromatic N) is 6. The van der Waals surface area contributed by atoms with Crippen molar-refractivity contribution in [1.29, 1.82) is 5.26 Å². The van der Waals surface area contributed by atoms with Gasteiger partial charge in [0, 0.05) is 49.1 Å². The third kappa shape index (κ3) is 5.64. The van der Waals surface area contributed by atoms with Crippen LogP contribution in [0.25, 0.3) is 122 Å². The van der Waals surface area contributed by atoms with Crippen LogP contribution < -0.4 is 0 Å². The smallest absolute Gasteiger partial charge is 0.167 e. The summed E-state index contributed by atoms with van der Waals surface area (Å²) < 4.78 is 11.3. The van der Waals surface area contributed by atoms with Crippen LogP contribution in [0.3, 0.4) is 0 Å². The molecule has 0 amide bonds. The lowest BCUT2D eigenvalue weighted by atomic mass is 9.99. The van der Waals surface area contributed by atoms with Crippen LogP contribution in [0, 0.1) is 11.3 Å². The zero-order valence-corrected chi connectivity index (χ0v) is 34.7. The van der Waals surface area contributed by atoms with E-state index in [1.54, 1.807) is 0 Å². The molecule has 7 nitrogen and oxygen atoms in total. The molecule has 0 aliphatic heterocycles. The lowest BCUT2D eigenvalue weighted by molar-refractivity contribution is 0.669. The van der Waals surface area contributed by atoms with Crippen molar-refractivity contribution in [1.82, 2.24) is 24.1 Å². The van der Waals surface area contributed by atoms with E-state index in [9.17, 15) is 5.26 Å². The van der Waals surface area contributed by atoms with Gasteiger partial charge in [0.1, 0.15) is 11.2 Å². The zero-order chi connectivity index (χ0) is 43.0. The van der Waals surface area contributed by atoms with Gasteiger partial charge in [0.2, 0.25) is 0 Å². The maximum atomic E-state index is 10.5. The van der Waals surface area contributed by atoms with E-state index in [2.05, 4.69) is 143 Å². The van der Waals surface area contributed by atoms with Crippen LogP contribution in [0.2, 0.25) is 0 Å². The van der Waals surface area contributed by atoms with Gasteiger partial charge in [0.15, 0.2) is 17.5 Å². The van der Waals surface area contributed by atoms with Gasteiger partial charge in [-0.05, 0) is 71.8 Å². The summed E-state index contributed by atoms with van der Waals surface area (Å²) in [7, 11) is 0. The highest BCUT2D eigenvalue weighted by molar-refractivity contribution is 6.26. The Bertz CT molecular complexity index is 4080. The molecule has 13 aromatic rings. The number of furan rings is 1. The molecule has 0 bridgehead atoms. The summed E-state index contributed by atoms with van der Waals surface area (Å²) in [5, 5.41) is 17.0. The molecule has 0 aliphatic rings. The predicted molar refractivity (Wildman–Crippen MR) is 262 cm³/mol. The summed E-state index contributed by atoms with van der Waals surface area (Å²) in [6.07, 6.45) is 0. The van der Waals surface area contributed by atoms with Gasteiger partial charge in [-0.3, -0.25) is 0 Å². The van der Waals surface area contributed by atoms with Gasteiger partial charge in [0.05, 0.1) is 45.0 Å². The minimum absolute atomic E-state index is 0.429. The molecule has 7 heteroatoms. The Hall–Kier alpha value is -9.12. The lowest BCUT2D eigenvalue weighted by Crippen LogP contribution is -2.05. The topological polar surface area (TPSA) is 85.5 Å². The molecule has 65 heavy (non-hydrogen) atoms. The first-order valence-corrected chi connectivity index (χ1v) is 21.6. The Labute approximate surface area is 372 Å². The molecular weight excluding hydrogens is 797 g/mol. The first-order chi connectivity index (χ1) is 32.2. The minimum atomic E-state index is 0.429. The Morgan fingerprint density at radius 3 is 1.80 bits per heavy atom. The molecule has 0 N–H and O–H groups in total. The largest absolute Gasteiger partial charge is 0.455 e. The van der Waals surface area contributed by atoms with Crippen molar-refractivity contribution in [3.8, 4) is 62.7 Å². The van der Waals surface area contributed by atoms with E-state index in [0.29, 0.717) is 34.2 Å². The van der Waals surface area contributed by atoms with Gasteiger partial charge >= 0.3 is 0 Å². The zero-order valence-electron chi connectivity index (χ0n) is 34.7. The van der Waals surface area contributed by atoms with Crippen molar-refractivity contribution in [2.45, 2.75) is 0 Å². The molecule has 4 aromatic heterocycles. The highest BCUT2D eigenvalue weighted by Gasteiger charge is 2.25. The molecule has 302 valence electrons. The highest BCUT2D eigenvalue weighted by Crippen LogP contribution is 2.44. The summed E-state index contributed by atoms with van der Waals surface area (Å²) in [5.74, 6) is 1.39. The summed E-state index contributed by atoms with van der Waals surface area (Å²) in [6, 6.07) is 73.1. The Balaban J connectivity index is 1.15. The molecule has 13 rings (SSSR count). The van der Waals surface area contributed by atoms with Gasteiger partial charge < -0.3 is 13.6 Å². The summed E-state index contributed by atoms with van der Waals surface area (Å²) >= 11 is 0. The van der Waals surface area contributed by atoms with Crippen LogP contribution in [0.5, 0.6) is 0 Å². The van der Waals surface area contributed by atoms with Crippen molar-refractivity contribution in [2.75, 3.05) is 0 Å². The van der Waals surface area contributed by atoms with Gasteiger partial charge in [-0.25, -0.2) is 15.0 Å². The van der Waals surface area contributed by atoms with Crippen LogP contribution >= 0.6 is 0 Å². The number of aromatic nitrogens is 5. The number of hydrogen-bond acceptors (Lipinski definition) is 5. The summed E-state index contributed by atoms with van der Waals surface area (Å²) in [5.41, 5.74) is 12.5. The van der Waals surface area contributed by atoms with Gasteiger partial charge in [0.25, 0.3) is 0 Å². The first kappa shape index (κ1) is 36.5. The Morgan fingerprint density at radius 1 is 0.415 bits per heavy atom. The quantitative estimate of drug-likeness (QED) is 0.167. The molecular formula is C58H34N6O. The van der Waals surface area contributed by atoms with Crippen LogP contribution in [-0.2, 0) is 0 Å². The second-order valence-corrected chi connectivity index (χ2v) is 16.2. The third-order valence-electron chi connectivity index (χ3n) is 12.6. The fraction of sp³-hybridized carbons (Fsp3) is 0. The molecule has 0 saturated heterocycles. The molecule has 0 saturated carbocycles. The number of rotatable bonds is 6. The van der Waals surface area contributed by atoms with Gasteiger partial charge in [-0.1, -0.05) is 146 Å². The number of benzene rings is 9. The molecule has 9 aromatic carbocycles. The predicted octanol–water partition coefficient (Wildman–Crippen LogP) is 14.5. The van der Waals surface area contributed by atoms with Crippen molar-refractivity contribution in [3.63, 3.8) is 0 Å². The van der Waals surface area contributed by atoms with Crippen molar-refractivity contribution >= 4 is 65.6 Å². The van der Waals surface area contributed by atoms with Crippen molar-refractivity contribution in [3.05, 3.63) is 212 Å². The highest BCUT2D eigenvalue weighted by atomic mass is 16.3. The van der Waals surface area contributed by atoms with Gasteiger partial charge in [-0.15, -0.1) is 0 Å². The number of fused-ring (bicyclic) bond motifs is 10. The molecule has 0 radical (unpaired) electrons. The Kier molecular flexibility index (Phi) is 8.14. The van der Waals surface area contributed by atoms with Crippen molar-refractivity contribution in [2.24, 2.45) is 0 Å². The average molecular weight is 831 g/mol. The fourth-order valence-electron chi connectivity index (χ4n) is 9.80. The summed E-state index contributed by atoms with van der Waals surface area (Å²) in [6.45, 7) is 0. The third-order valence-corrected chi connectivity index (χ3v) is 12.6. The number of nitriles is 1. The van der Waals surface area contributed by atoms with Crippen LogP contribution in [0.1, 0.15) is 5.56 Å². The molecule has 0 spiro atoms. The van der Waals surface area contributed by atoms with E-state index >= 15 is 0 Å². The Morgan fingerprint density at radius 2 is 1.02 bits per heavy atom. The number of para-hydroxylation sites is 5. The maximum Gasteiger partial charge on any atom is 0.167 e. The van der Waals surface area contributed by atoms with E-state index in [0.717, 1.165) is 93.6 Å². The molecule has 0 aliphatic carbocycles. The first-order valence-electron chi connectivity index (χ1n) is 21.6. The molecule has 0 unspecified atom stereocenters. The van der Waals surface area contributed by atoms with E-state index in [4.69, 9.17) is 19.4 Å². The van der Waals surface area contributed by atoms with E-state index in [-0.39, 0.29) is 0 Å². The van der Waals surface area contributed by atoms with Crippen LogP contribution in [0.4, 0.5) is 0 Å². The van der Waals surface area contributed by atoms with E-state index in [1.807, 2.05) is 78.9 Å². The van der Waals surface area contributed by atoms with E-state index < -0.39 is 0 Å². The second kappa shape index (κ2) is 14.5. The summed E-state index contributed by atoms with van der Waals surface area (Å²) in [4.78, 5) is 16.1.